The van der Waals surface area contributed by atoms with E-state index in [4.69, 9.17) is 5.73 Å². The summed E-state index contributed by atoms with van der Waals surface area (Å²) in [7, 11) is 0. The number of hydrogen-bond acceptors (Lipinski definition) is 5. The quantitative estimate of drug-likeness (QED) is 0.876. The summed E-state index contributed by atoms with van der Waals surface area (Å²) in [6, 6.07) is 8.34. The Morgan fingerprint density at radius 2 is 1.74 bits per heavy atom. The lowest BCUT2D eigenvalue weighted by Crippen LogP contribution is -2.25. The number of hydrogen-bond donors (Lipinski definition) is 2. The van der Waals surface area contributed by atoms with E-state index < -0.39 is 0 Å². The van der Waals surface area contributed by atoms with E-state index in [-0.39, 0.29) is 17.4 Å². The summed E-state index contributed by atoms with van der Waals surface area (Å²) >= 11 is 0. The van der Waals surface area contributed by atoms with Crippen molar-refractivity contribution in [1.29, 1.82) is 0 Å². The molecule has 1 saturated heterocycles. The van der Waals surface area contributed by atoms with Crippen LogP contribution in [0.1, 0.15) is 34.5 Å². The first kappa shape index (κ1) is 15.4. The van der Waals surface area contributed by atoms with E-state index in [1.165, 1.54) is 43.9 Å². The number of anilines is 1. The van der Waals surface area contributed by atoms with E-state index >= 15 is 0 Å². The van der Waals surface area contributed by atoms with Crippen LogP contribution in [0.25, 0.3) is 0 Å². The number of nitrogens with one attached hydrogen (secondary N) is 1. The fourth-order valence-corrected chi connectivity index (χ4v) is 2.75. The van der Waals surface area contributed by atoms with Gasteiger partial charge >= 0.3 is 0 Å². The number of carbonyl (C=O) groups excluding carboxylic acids is 1. The van der Waals surface area contributed by atoms with Crippen molar-refractivity contribution in [3.8, 4) is 0 Å². The summed E-state index contributed by atoms with van der Waals surface area (Å²) in [5, 5.41) is 2.82. The molecule has 0 spiro atoms. The highest BCUT2D eigenvalue weighted by molar-refractivity contribution is 5.96. The van der Waals surface area contributed by atoms with Crippen LogP contribution < -0.4 is 11.1 Å². The number of aromatic nitrogens is 2. The first-order valence-corrected chi connectivity index (χ1v) is 7.87. The number of amides is 1. The predicted octanol–water partition coefficient (Wildman–Crippen LogP) is 1.58. The zero-order valence-corrected chi connectivity index (χ0v) is 13.0. The van der Waals surface area contributed by atoms with Crippen LogP contribution in [0.4, 0.5) is 5.82 Å². The van der Waals surface area contributed by atoms with Crippen LogP contribution >= 0.6 is 0 Å². The van der Waals surface area contributed by atoms with Crippen molar-refractivity contribution in [1.82, 2.24) is 20.2 Å². The van der Waals surface area contributed by atoms with Gasteiger partial charge < -0.3 is 11.1 Å². The lowest BCUT2D eigenvalue weighted by Gasteiger charge is -2.14. The Kier molecular flexibility index (Phi) is 4.83. The Hall–Kier alpha value is -2.47. The van der Waals surface area contributed by atoms with E-state index in [2.05, 4.69) is 32.3 Å². The monoisotopic (exact) mass is 311 g/mol. The largest absolute Gasteiger partial charge is 0.382 e. The lowest BCUT2D eigenvalue weighted by molar-refractivity contribution is 0.0946. The third-order valence-corrected chi connectivity index (χ3v) is 4.02. The van der Waals surface area contributed by atoms with Crippen molar-refractivity contribution in [2.24, 2.45) is 0 Å². The fourth-order valence-electron chi connectivity index (χ4n) is 2.75. The average Bonchev–Trinajstić information content (AvgIpc) is 3.07. The molecule has 6 heteroatoms. The Bertz CT molecular complexity index is 665. The van der Waals surface area contributed by atoms with Gasteiger partial charge in [-0.25, -0.2) is 9.97 Å². The second-order valence-corrected chi connectivity index (χ2v) is 5.77. The molecule has 1 fully saturated rings. The average molecular weight is 311 g/mol. The summed E-state index contributed by atoms with van der Waals surface area (Å²) in [6.07, 6.45) is 5.52. The molecule has 2 aromatic rings. The Balaban J connectivity index is 1.54. The summed E-state index contributed by atoms with van der Waals surface area (Å²) in [5.41, 5.74) is 8.17. The molecule has 0 radical (unpaired) electrons. The minimum Gasteiger partial charge on any atom is -0.382 e. The molecule has 1 aromatic carbocycles. The standard InChI is InChI=1S/C17H21N5O/c18-16-15(19-7-8-20-16)17(23)21-11-13-3-5-14(6-4-13)12-22-9-1-2-10-22/h3-8H,1-2,9-12H2,(H2,18,20)(H,21,23). The highest BCUT2D eigenvalue weighted by atomic mass is 16.1. The lowest BCUT2D eigenvalue weighted by atomic mass is 10.1. The molecule has 1 aliphatic rings. The molecule has 120 valence electrons. The summed E-state index contributed by atoms with van der Waals surface area (Å²) in [5.74, 6) is -0.164. The van der Waals surface area contributed by atoms with Crippen molar-refractivity contribution in [3.63, 3.8) is 0 Å². The molecule has 3 N–H and O–H groups in total. The van der Waals surface area contributed by atoms with E-state index in [9.17, 15) is 4.79 Å². The van der Waals surface area contributed by atoms with Gasteiger partial charge in [0.1, 0.15) is 0 Å². The summed E-state index contributed by atoms with van der Waals surface area (Å²) in [4.78, 5) is 22.3. The van der Waals surface area contributed by atoms with Gasteiger partial charge in [0.2, 0.25) is 0 Å². The van der Waals surface area contributed by atoms with Crippen LogP contribution in [-0.2, 0) is 13.1 Å². The van der Waals surface area contributed by atoms with Crippen molar-refractivity contribution < 1.29 is 4.79 Å². The molecule has 1 amide bonds. The molecule has 0 bridgehead atoms. The third kappa shape index (κ3) is 4.04. The maximum Gasteiger partial charge on any atom is 0.273 e. The molecular weight excluding hydrogens is 290 g/mol. The van der Waals surface area contributed by atoms with Crippen molar-refractivity contribution in [2.45, 2.75) is 25.9 Å². The minimum absolute atomic E-state index is 0.144. The molecule has 6 nitrogen and oxygen atoms in total. The van der Waals surface area contributed by atoms with Crippen LogP contribution in [0.3, 0.4) is 0 Å². The number of benzene rings is 1. The Labute approximate surface area is 135 Å². The van der Waals surface area contributed by atoms with Gasteiger partial charge in [-0.2, -0.15) is 0 Å². The normalized spacial score (nSPS) is 14.8. The second kappa shape index (κ2) is 7.19. The van der Waals surface area contributed by atoms with Gasteiger partial charge in [0.15, 0.2) is 11.5 Å². The number of nitrogens with two attached hydrogens (primary N) is 1. The summed E-state index contributed by atoms with van der Waals surface area (Å²) < 4.78 is 0. The van der Waals surface area contributed by atoms with Gasteiger partial charge in [-0.15, -0.1) is 0 Å². The van der Waals surface area contributed by atoms with Crippen molar-refractivity contribution >= 4 is 11.7 Å². The Morgan fingerprint density at radius 3 is 2.43 bits per heavy atom. The maximum atomic E-state index is 12.0. The molecular formula is C17H21N5O. The van der Waals surface area contributed by atoms with Crippen molar-refractivity contribution in [2.75, 3.05) is 18.8 Å². The SMILES string of the molecule is Nc1nccnc1C(=O)NCc1ccc(CN2CCCC2)cc1. The zero-order valence-electron chi connectivity index (χ0n) is 13.0. The predicted molar refractivity (Wildman–Crippen MR) is 88.6 cm³/mol. The van der Waals surface area contributed by atoms with Crippen LogP contribution in [0.15, 0.2) is 36.7 Å². The van der Waals surface area contributed by atoms with Gasteiger partial charge in [0.05, 0.1) is 0 Å². The van der Waals surface area contributed by atoms with Crippen LogP contribution in [-0.4, -0.2) is 33.9 Å². The van der Waals surface area contributed by atoms with Crippen LogP contribution in [0.5, 0.6) is 0 Å². The van der Waals surface area contributed by atoms with Gasteiger partial charge in [0, 0.05) is 25.5 Å². The summed E-state index contributed by atoms with van der Waals surface area (Å²) in [6.45, 7) is 3.83. The highest BCUT2D eigenvalue weighted by Gasteiger charge is 2.12. The topological polar surface area (TPSA) is 84.1 Å². The number of likely N-dealkylation sites (tertiary alicyclic amines) is 1. The van der Waals surface area contributed by atoms with E-state index in [1.807, 2.05) is 12.1 Å². The number of carbonyl (C=O) groups is 1. The molecule has 23 heavy (non-hydrogen) atoms. The molecule has 2 heterocycles. The molecule has 1 aromatic heterocycles. The van der Waals surface area contributed by atoms with E-state index in [0.29, 0.717) is 6.54 Å². The molecule has 0 unspecified atom stereocenters. The van der Waals surface area contributed by atoms with Crippen LogP contribution in [0, 0.1) is 0 Å². The molecule has 0 saturated carbocycles. The molecule has 3 rings (SSSR count). The molecule has 0 aliphatic carbocycles. The first-order chi connectivity index (χ1) is 11.2. The first-order valence-electron chi connectivity index (χ1n) is 7.87. The van der Waals surface area contributed by atoms with Gasteiger partial charge in [-0.05, 0) is 37.1 Å². The minimum atomic E-state index is -0.309. The number of nitrogen functional groups attached to an aromatic ring is 1. The zero-order chi connectivity index (χ0) is 16.1. The number of rotatable bonds is 5. The van der Waals surface area contributed by atoms with Gasteiger partial charge in [0.25, 0.3) is 5.91 Å². The highest BCUT2D eigenvalue weighted by Crippen LogP contribution is 2.13. The van der Waals surface area contributed by atoms with Crippen LogP contribution in [0.2, 0.25) is 0 Å². The number of nitrogens with zero attached hydrogens (tertiary/aromatic N) is 3. The third-order valence-electron chi connectivity index (χ3n) is 4.02. The van der Waals surface area contributed by atoms with Crippen molar-refractivity contribution in [3.05, 3.63) is 53.5 Å². The van der Waals surface area contributed by atoms with E-state index in [1.54, 1.807) is 0 Å². The Morgan fingerprint density at radius 1 is 1.09 bits per heavy atom. The van der Waals surface area contributed by atoms with Gasteiger partial charge in [-0.1, -0.05) is 24.3 Å². The van der Waals surface area contributed by atoms with Gasteiger partial charge in [-0.3, -0.25) is 9.69 Å². The van der Waals surface area contributed by atoms with E-state index in [0.717, 1.165) is 12.1 Å². The fraction of sp³-hybridized carbons (Fsp3) is 0.353. The molecule has 0 atom stereocenters. The second-order valence-electron chi connectivity index (χ2n) is 5.77. The molecule has 1 aliphatic heterocycles. The maximum absolute atomic E-state index is 12.0. The smallest absolute Gasteiger partial charge is 0.273 e.